The first kappa shape index (κ1) is 27.7. The Morgan fingerprint density at radius 3 is 2.29 bits per heavy atom. The van der Waals surface area contributed by atoms with Gasteiger partial charge in [-0.25, -0.2) is 0 Å². The van der Waals surface area contributed by atoms with Crippen LogP contribution in [0.2, 0.25) is 0 Å². The number of hydrogen-bond acceptors (Lipinski definition) is 2. The number of ether oxygens (including phenoxy) is 1. The van der Waals surface area contributed by atoms with Crippen LogP contribution in [0.4, 0.5) is 13.2 Å². The Bertz CT molecular complexity index is 1190. The van der Waals surface area contributed by atoms with Gasteiger partial charge in [0, 0.05) is 19.0 Å². The fourth-order valence-corrected chi connectivity index (χ4v) is 5.28. The Labute approximate surface area is 223 Å². The molecule has 1 heterocycles. The lowest BCUT2D eigenvalue weighted by Crippen LogP contribution is -2.44. The maximum atomic E-state index is 13.6. The topological polar surface area (TPSA) is 29.5 Å². The molecule has 0 spiro atoms. The van der Waals surface area contributed by atoms with Crippen LogP contribution in [0.1, 0.15) is 67.9 Å². The van der Waals surface area contributed by atoms with Crippen LogP contribution in [0, 0.1) is 11.8 Å². The Kier molecular flexibility index (Phi) is 8.80. The van der Waals surface area contributed by atoms with E-state index in [1.807, 2.05) is 54.3 Å². The van der Waals surface area contributed by atoms with Crippen LogP contribution in [-0.2, 0) is 17.4 Å². The quantitative estimate of drug-likeness (QED) is 0.299. The van der Waals surface area contributed by atoms with Crippen LogP contribution in [0.3, 0.4) is 0 Å². The molecule has 3 nitrogen and oxygen atoms in total. The molecule has 3 atom stereocenters. The lowest BCUT2D eigenvalue weighted by molar-refractivity contribution is -0.137. The van der Waals surface area contributed by atoms with Gasteiger partial charge >= 0.3 is 6.18 Å². The average molecular weight is 524 g/mol. The lowest BCUT2D eigenvalue weighted by atomic mass is 9.87. The number of likely N-dealkylation sites (tertiary alicyclic amines) is 1. The molecule has 0 N–H and O–H groups in total. The first-order valence-corrected chi connectivity index (χ1v) is 13.4. The summed E-state index contributed by atoms with van der Waals surface area (Å²) in [6.07, 6.45) is -2.10. The summed E-state index contributed by atoms with van der Waals surface area (Å²) < 4.78 is 45.5. The van der Waals surface area contributed by atoms with Crippen LogP contribution in [0.25, 0.3) is 0 Å². The summed E-state index contributed by atoms with van der Waals surface area (Å²) in [6, 6.07) is 22.9. The van der Waals surface area contributed by atoms with Crippen molar-refractivity contribution in [2.24, 2.45) is 11.8 Å². The third kappa shape index (κ3) is 6.97. The minimum absolute atomic E-state index is 0.0110. The number of carbonyl (C=O) groups excluding carboxylic acids is 1. The molecule has 1 amide bonds. The molecule has 0 bridgehead atoms. The molecule has 202 valence electrons. The van der Waals surface area contributed by atoms with Gasteiger partial charge in [0.05, 0.1) is 11.5 Å². The molecule has 0 radical (unpaired) electrons. The van der Waals surface area contributed by atoms with Crippen molar-refractivity contribution in [3.05, 3.63) is 101 Å². The van der Waals surface area contributed by atoms with E-state index in [1.54, 1.807) is 0 Å². The van der Waals surface area contributed by atoms with Gasteiger partial charge in [0.2, 0.25) is 5.91 Å². The summed E-state index contributed by atoms with van der Waals surface area (Å²) in [5.41, 5.74) is 2.50. The lowest BCUT2D eigenvalue weighted by Gasteiger charge is -2.38. The Morgan fingerprint density at radius 1 is 0.947 bits per heavy atom. The van der Waals surface area contributed by atoms with E-state index in [0.717, 1.165) is 42.5 Å². The Morgan fingerprint density at radius 2 is 1.63 bits per heavy atom. The van der Waals surface area contributed by atoms with Gasteiger partial charge in [-0.2, -0.15) is 13.2 Å². The highest BCUT2D eigenvalue weighted by molar-refractivity contribution is 5.83. The number of amides is 1. The van der Waals surface area contributed by atoms with Gasteiger partial charge in [-0.05, 0) is 73.1 Å². The third-order valence-electron chi connectivity index (χ3n) is 7.24. The SMILES string of the molecule is CC(C)Cc1cccc(C(C)C(=O)N2CCC[C@@H]([C@H](Oc3ccc(C(F)(F)F)cc3)c3ccccc3)C2)c1. The van der Waals surface area contributed by atoms with Crippen molar-refractivity contribution in [3.63, 3.8) is 0 Å². The summed E-state index contributed by atoms with van der Waals surface area (Å²) in [7, 11) is 0. The number of nitrogens with zero attached hydrogens (tertiary/aromatic N) is 1. The van der Waals surface area contributed by atoms with E-state index >= 15 is 0 Å². The van der Waals surface area contributed by atoms with Crippen molar-refractivity contribution in [2.45, 2.75) is 58.2 Å². The maximum Gasteiger partial charge on any atom is 0.416 e. The Balaban J connectivity index is 1.52. The van der Waals surface area contributed by atoms with Gasteiger partial charge in [0.1, 0.15) is 11.9 Å². The van der Waals surface area contributed by atoms with E-state index in [-0.39, 0.29) is 23.8 Å². The summed E-state index contributed by atoms with van der Waals surface area (Å²) >= 11 is 0. The fourth-order valence-electron chi connectivity index (χ4n) is 5.28. The molecule has 3 aromatic rings. The minimum Gasteiger partial charge on any atom is -0.485 e. The van der Waals surface area contributed by atoms with E-state index in [2.05, 4.69) is 26.0 Å². The molecule has 1 saturated heterocycles. The first-order chi connectivity index (χ1) is 18.1. The second kappa shape index (κ2) is 12.1. The van der Waals surface area contributed by atoms with E-state index in [1.165, 1.54) is 17.7 Å². The average Bonchev–Trinajstić information content (AvgIpc) is 2.91. The van der Waals surface area contributed by atoms with E-state index in [9.17, 15) is 18.0 Å². The highest BCUT2D eigenvalue weighted by Gasteiger charge is 2.34. The molecule has 1 aliphatic heterocycles. The van der Waals surface area contributed by atoms with Crippen molar-refractivity contribution >= 4 is 5.91 Å². The van der Waals surface area contributed by atoms with Crippen molar-refractivity contribution in [1.29, 1.82) is 0 Å². The summed E-state index contributed by atoms with van der Waals surface area (Å²) in [5, 5.41) is 0. The van der Waals surface area contributed by atoms with Crippen LogP contribution < -0.4 is 4.74 Å². The van der Waals surface area contributed by atoms with Crippen molar-refractivity contribution < 1.29 is 22.7 Å². The molecule has 1 fully saturated rings. The fraction of sp³-hybridized carbons (Fsp3) is 0.406. The number of hydrogen-bond donors (Lipinski definition) is 0. The standard InChI is InChI=1S/C32H36F3NO2/c1-22(2)19-24-9-7-12-26(20-24)23(3)31(37)36-18-8-13-27(21-36)30(25-10-5-4-6-11-25)38-29-16-14-28(15-17-29)32(33,34)35/h4-7,9-12,14-17,20,22-23,27,30H,8,13,18-19,21H2,1-3H3/t23?,27-,30-/m1/s1. The van der Waals surface area contributed by atoms with Gasteiger partial charge in [0.15, 0.2) is 0 Å². The second-order valence-corrected chi connectivity index (χ2v) is 10.7. The zero-order valence-electron chi connectivity index (χ0n) is 22.2. The van der Waals surface area contributed by atoms with E-state index in [4.69, 9.17) is 4.74 Å². The van der Waals surface area contributed by atoms with Gasteiger partial charge in [-0.3, -0.25) is 4.79 Å². The summed E-state index contributed by atoms with van der Waals surface area (Å²) in [5.74, 6) is 0.769. The number of benzene rings is 3. The van der Waals surface area contributed by atoms with Crippen molar-refractivity contribution in [1.82, 2.24) is 4.90 Å². The molecule has 38 heavy (non-hydrogen) atoms. The van der Waals surface area contributed by atoms with Gasteiger partial charge < -0.3 is 9.64 Å². The van der Waals surface area contributed by atoms with Gasteiger partial charge in [0.25, 0.3) is 0 Å². The Hall–Kier alpha value is -3.28. The number of alkyl halides is 3. The first-order valence-electron chi connectivity index (χ1n) is 13.4. The molecule has 1 unspecified atom stereocenters. The van der Waals surface area contributed by atoms with Crippen LogP contribution in [0.5, 0.6) is 5.75 Å². The number of halogens is 3. The maximum absolute atomic E-state index is 13.6. The molecular formula is C32H36F3NO2. The highest BCUT2D eigenvalue weighted by atomic mass is 19.4. The molecule has 1 aliphatic rings. The molecule has 6 heteroatoms. The molecule has 0 aliphatic carbocycles. The van der Waals surface area contributed by atoms with E-state index < -0.39 is 11.7 Å². The van der Waals surface area contributed by atoms with Crippen molar-refractivity contribution in [3.8, 4) is 5.75 Å². The number of piperidine rings is 1. The van der Waals surface area contributed by atoms with Crippen molar-refractivity contribution in [2.75, 3.05) is 13.1 Å². The van der Waals surface area contributed by atoms with Crippen LogP contribution in [-0.4, -0.2) is 23.9 Å². The predicted octanol–water partition coefficient (Wildman–Crippen LogP) is 8.07. The van der Waals surface area contributed by atoms with Crippen LogP contribution >= 0.6 is 0 Å². The summed E-state index contributed by atoms with van der Waals surface area (Å²) in [6.45, 7) is 7.56. The second-order valence-electron chi connectivity index (χ2n) is 10.7. The smallest absolute Gasteiger partial charge is 0.416 e. The largest absolute Gasteiger partial charge is 0.485 e. The number of rotatable bonds is 8. The highest BCUT2D eigenvalue weighted by Crippen LogP contribution is 2.36. The third-order valence-corrected chi connectivity index (χ3v) is 7.24. The molecule has 0 saturated carbocycles. The predicted molar refractivity (Wildman–Crippen MR) is 144 cm³/mol. The van der Waals surface area contributed by atoms with Gasteiger partial charge in [-0.15, -0.1) is 0 Å². The monoisotopic (exact) mass is 523 g/mol. The molecular weight excluding hydrogens is 487 g/mol. The number of carbonyl (C=O) groups is 1. The van der Waals surface area contributed by atoms with E-state index in [0.29, 0.717) is 24.8 Å². The molecule has 3 aromatic carbocycles. The normalized spacial score (nSPS) is 17.8. The molecule has 4 rings (SSSR count). The molecule has 0 aromatic heterocycles. The van der Waals surface area contributed by atoms with Crippen LogP contribution in [0.15, 0.2) is 78.9 Å². The minimum atomic E-state index is -4.40. The zero-order chi connectivity index (χ0) is 27.3. The van der Waals surface area contributed by atoms with Gasteiger partial charge in [-0.1, -0.05) is 68.4 Å². The summed E-state index contributed by atoms with van der Waals surface area (Å²) in [4.78, 5) is 15.5. The zero-order valence-corrected chi connectivity index (χ0v) is 22.2.